The van der Waals surface area contributed by atoms with E-state index in [-0.39, 0.29) is 17.7 Å². The molecule has 2 aromatic rings. The number of fused-ring (bicyclic) bond motifs is 1. The summed E-state index contributed by atoms with van der Waals surface area (Å²) in [5, 5.41) is 7.39. The van der Waals surface area contributed by atoms with Crippen molar-refractivity contribution in [2.24, 2.45) is 5.92 Å². The number of rotatable bonds is 4. The lowest BCUT2D eigenvalue weighted by molar-refractivity contribution is -0.133. The Hall–Kier alpha value is -2.67. The SMILES string of the molecule is O=C(c1n[nH]c2c1CN(C(=O)C1CC1)CC2)N1CCN(Cc2ccccc2)CC1. The van der Waals surface area contributed by atoms with E-state index in [4.69, 9.17) is 0 Å². The molecule has 1 saturated heterocycles. The molecule has 2 amide bonds. The molecule has 0 bridgehead atoms. The highest BCUT2D eigenvalue weighted by atomic mass is 16.2. The lowest BCUT2D eigenvalue weighted by atomic mass is 10.0. The first-order valence-electron chi connectivity index (χ1n) is 10.6. The van der Waals surface area contributed by atoms with Crippen LogP contribution in [0.3, 0.4) is 0 Å². The predicted octanol–water partition coefficient (Wildman–Crippen LogP) is 1.66. The zero-order valence-corrected chi connectivity index (χ0v) is 16.6. The Morgan fingerprint density at radius 1 is 1.00 bits per heavy atom. The summed E-state index contributed by atoms with van der Waals surface area (Å²) in [6.07, 6.45) is 2.76. The number of benzene rings is 1. The molecule has 3 aliphatic rings. The number of aromatic amines is 1. The molecule has 0 unspecified atom stereocenters. The van der Waals surface area contributed by atoms with E-state index in [0.29, 0.717) is 25.3 Å². The second-order valence-corrected chi connectivity index (χ2v) is 8.37. The fourth-order valence-corrected chi connectivity index (χ4v) is 4.35. The first-order valence-corrected chi connectivity index (χ1v) is 10.6. The van der Waals surface area contributed by atoms with Crippen LogP contribution in [0.15, 0.2) is 30.3 Å². The Morgan fingerprint density at radius 3 is 2.48 bits per heavy atom. The molecule has 152 valence electrons. The zero-order valence-electron chi connectivity index (χ0n) is 16.6. The summed E-state index contributed by atoms with van der Waals surface area (Å²) in [6, 6.07) is 10.4. The lowest BCUT2D eigenvalue weighted by Gasteiger charge is -2.35. The number of amides is 2. The number of H-pyrrole nitrogens is 1. The average Bonchev–Trinajstić information content (AvgIpc) is 3.53. The first-order chi connectivity index (χ1) is 14.2. The van der Waals surface area contributed by atoms with Crippen molar-refractivity contribution in [1.82, 2.24) is 24.9 Å². The number of nitrogens with one attached hydrogen (secondary N) is 1. The van der Waals surface area contributed by atoms with Gasteiger partial charge in [-0.3, -0.25) is 19.6 Å². The molecule has 0 radical (unpaired) electrons. The fourth-order valence-electron chi connectivity index (χ4n) is 4.35. The molecular weight excluding hydrogens is 366 g/mol. The largest absolute Gasteiger partial charge is 0.338 e. The highest BCUT2D eigenvalue weighted by molar-refractivity contribution is 5.94. The van der Waals surface area contributed by atoms with Crippen molar-refractivity contribution in [1.29, 1.82) is 0 Å². The molecule has 29 heavy (non-hydrogen) atoms. The van der Waals surface area contributed by atoms with Gasteiger partial charge in [0.1, 0.15) is 0 Å². The van der Waals surface area contributed by atoms with E-state index in [1.54, 1.807) is 0 Å². The van der Waals surface area contributed by atoms with Crippen LogP contribution in [0.2, 0.25) is 0 Å². The number of carbonyl (C=O) groups is 2. The molecule has 2 aliphatic heterocycles. The minimum Gasteiger partial charge on any atom is -0.338 e. The van der Waals surface area contributed by atoms with E-state index < -0.39 is 0 Å². The summed E-state index contributed by atoms with van der Waals surface area (Å²) in [4.78, 5) is 31.8. The molecule has 1 aromatic carbocycles. The van der Waals surface area contributed by atoms with Gasteiger partial charge in [0.05, 0.1) is 0 Å². The maximum atomic E-state index is 13.1. The Labute approximate surface area is 170 Å². The standard InChI is InChI=1S/C22H27N5O2/c28-21(17-6-7-17)27-9-8-19-18(15-27)20(24-23-19)22(29)26-12-10-25(11-13-26)14-16-4-2-1-3-5-16/h1-5,17H,6-15H2,(H,23,24). The van der Waals surface area contributed by atoms with Gasteiger partial charge in [-0.15, -0.1) is 0 Å². The zero-order chi connectivity index (χ0) is 19.8. The third-order valence-electron chi connectivity index (χ3n) is 6.28. The first kappa shape index (κ1) is 18.4. The summed E-state index contributed by atoms with van der Waals surface area (Å²) >= 11 is 0. The highest BCUT2D eigenvalue weighted by Gasteiger charge is 2.37. The Balaban J connectivity index is 1.22. The van der Waals surface area contributed by atoms with Gasteiger partial charge in [-0.25, -0.2) is 0 Å². The van der Waals surface area contributed by atoms with E-state index in [0.717, 1.165) is 56.7 Å². The van der Waals surface area contributed by atoms with Crippen molar-refractivity contribution < 1.29 is 9.59 Å². The van der Waals surface area contributed by atoms with Crippen molar-refractivity contribution in [2.45, 2.75) is 32.4 Å². The van der Waals surface area contributed by atoms with Gasteiger partial charge in [-0.05, 0) is 18.4 Å². The number of hydrogen-bond acceptors (Lipinski definition) is 4. The molecule has 0 atom stereocenters. The van der Waals surface area contributed by atoms with Crippen molar-refractivity contribution in [3.8, 4) is 0 Å². The minimum absolute atomic E-state index is 0.0115. The summed E-state index contributed by atoms with van der Waals surface area (Å²) in [5.41, 5.74) is 3.73. The molecule has 3 heterocycles. The number of piperazine rings is 1. The number of aromatic nitrogens is 2. The van der Waals surface area contributed by atoms with Crippen LogP contribution >= 0.6 is 0 Å². The Bertz CT molecular complexity index is 897. The lowest BCUT2D eigenvalue weighted by Crippen LogP contribution is -2.48. The number of carbonyl (C=O) groups excluding carboxylic acids is 2. The van der Waals surface area contributed by atoms with Crippen molar-refractivity contribution >= 4 is 11.8 Å². The smallest absolute Gasteiger partial charge is 0.274 e. The monoisotopic (exact) mass is 393 g/mol. The third-order valence-corrected chi connectivity index (χ3v) is 6.28. The number of hydrogen-bond donors (Lipinski definition) is 1. The van der Waals surface area contributed by atoms with Gasteiger partial charge in [0.15, 0.2) is 5.69 Å². The maximum Gasteiger partial charge on any atom is 0.274 e. The molecule has 1 aliphatic carbocycles. The Kier molecular flexibility index (Phi) is 4.83. The van der Waals surface area contributed by atoms with Crippen molar-refractivity contribution in [2.75, 3.05) is 32.7 Å². The summed E-state index contributed by atoms with van der Waals surface area (Å²) in [7, 11) is 0. The van der Waals surface area contributed by atoms with E-state index in [1.807, 2.05) is 15.9 Å². The molecule has 1 N–H and O–H groups in total. The van der Waals surface area contributed by atoms with Gasteiger partial charge in [-0.1, -0.05) is 30.3 Å². The molecule has 7 nitrogen and oxygen atoms in total. The van der Waals surface area contributed by atoms with Crippen LogP contribution in [-0.2, 0) is 24.3 Å². The molecule has 1 aromatic heterocycles. The molecule has 1 saturated carbocycles. The van der Waals surface area contributed by atoms with E-state index >= 15 is 0 Å². The molecule has 7 heteroatoms. The third kappa shape index (κ3) is 3.79. The van der Waals surface area contributed by atoms with E-state index in [1.165, 1.54) is 5.56 Å². The van der Waals surface area contributed by atoms with Crippen LogP contribution in [0, 0.1) is 5.92 Å². The van der Waals surface area contributed by atoms with Crippen LogP contribution < -0.4 is 0 Å². The molecule has 0 spiro atoms. The van der Waals surface area contributed by atoms with Gasteiger partial charge < -0.3 is 9.80 Å². The minimum atomic E-state index is -0.0115. The fraction of sp³-hybridized carbons (Fsp3) is 0.500. The topological polar surface area (TPSA) is 72.5 Å². The quantitative estimate of drug-likeness (QED) is 0.858. The van der Waals surface area contributed by atoms with Gasteiger partial charge in [0, 0.05) is 69.4 Å². The summed E-state index contributed by atoms with van der Waals surface area (Å²) in [5.74, 6) is 0.438. The van der Waals surface area contributed by atoms with Gasteiger partial charge in [-0.2, -0.15) is 5.10 Å². The average molecular weight is 393 g/mol. The van der Waals surface area contributed by atoms with Crippen molar-refractivity contribution in [3.63, 3.8) is 0 Å². The van der Waals surface area contributed by atoms with Crippen LogP contribution in [0.25, 0.3) is 0 Å². The normalized spacial score (nSPS) is 19.9. The van der Waals surface area contributed by atoms with Crippen LogP contribution in [0.5, 0.6) is 0 Å². The van der Waals surface area contributed by atoms with E-state index in [9.17, 15) is 9.59 Å². The van der Waals surface area contributed by atoms with Crippen LogP contribution in [0.1, 0.15) is 40.2 Å². The van der Waals surface area contributed by atoms with Gasteiger partial charge >= 0.3 is 0 Å². The number of nitrogens with zero attached hydrogens (tertiary/aromatic N) is 4. The predicted molar refractivity (Wildman–Crippen MR) is 108 cm³/mol. The molecular formula is C22H27N5O2. The molecule has 5 rings (SSSR count). The van der Waals surface area contributed by atoms with Gasteiger partial charge in [0.2, 0.25) is 5.91 Å². The maximum absolute atomic E-state index is 13.1. The Morgan fingerprint density at radius 2 is 1.76 bits per heavy atom. The van der Waals surface area contributed by atoms with Gasteiger partial charge in [0.25, 0.3) is 5.91 Å². The molecule has 2 fully saturated rings. The second kappa shape index (κ2) is 7.63. The summed E-state index contributed by atoms with van der Waals surface area (Å²) < 4.78 is 0. The second-order valence-electron chi connectivity index (χ2n) is 8.37. The highest BCUT2D eigenvalue weighted by Crippen LogP contribution is 2.33. The van der Waals surface area contributed by atoms with E-state index in [2.05, 4.69) is 39.4 Å². The summed E-state index contributed by atoms with van der Waals surface area (Å²) in [6.45, 7) is 5.28. The van der Waals surface area contributed by atoms with Crippen LogP contribution in [-0.4, -0.2) is 69.4 Å². The van der Waals surface area contributed by atoms with Crippen molar-refractivity contribution in [3.05, 3.63) is 52.8 Å². The van der Waals surface area contributed by atoms with Crippen LogP contribution in [0.4, 0.5) is 0 Å².